The largest absolute Gasteiger partial charge is 0.354 e. The molecule has 0 aromatic carbocycles. The normalized spacial score (nSPS) is 18.2. The quantitative estimate of drug-likeness (QED) is 0.736. The Labute approximate surface area is 143 Å². The highest BCUT2D eigenvalue weighted by Crippen LogP contribution is 2.38. The molecule has 1 aliphatic carbocycles. The van der Waals surface area contributed by atoms with Crippen LogP contribution in [0.3, 0.4) is 0 Å². The molecule has 0 radical (unpaired) electrons. The van der Waals surface area contributed by atoms with E-state index in [1.165, 1.54) is 17.7 Å². The van der Waals surface area contributed by atoms with Gasteiger partial charge in [0.2, 0.25) is 0 Å². The van der Waals surface area contributed by atoms with E-state index < -0.39 is 0 Å². The summed E-state index contributed by atoms with van der Waals surface area (Å²) in [5.74, 6) is 3.29. The predicted octanol–water partition coefficient (Wildman–Crippen LogP) is 1.68. The van der Waals surface area contributed by atoms with Crippen molar-refractivity contribution in [3.05, 3.63) is 34.5 Å². The maximum atomic E-state index is 4.76. The zero-order valence-electron chi connectivity index (χ0n) is 13.3. The third-order valence-electron chi connectivity index (χ3n) is 4.71. The summed E-state index contributed by atoms with van der Waals surface area (Å²) < 4.78 is 1.93. The Kier molecular flexibility index (Phi) is 3.45. The van der Waals surface area contributed by atoms with E-state index in [4.69, 9.17) is 5.10 Å². The molecule has 24 heavy (non-hydrogen) atoms. The topological polar surface area (TPSA) is 71.2 Å². The standard InChI is InChI=1S/C16H19N7S/c1-2-12(1)16-20-19-14-3-4-15(21-23(14)16)22-8-11(9-22)5-17-6-13-7-18-10-24-13/h3-4,7,10-12,17H,1-2,5-6,8-9H2. The summed E-state index contributed by atoms with van der Waals surface area (Å²) in [7, 11) is 0. The first-order chi connectivity index (χ1) is 11.9. The summed E-state index contributed by atoms with van der Waals surface area (Å²) in [5, 5.41) is 16.8. The molecule has 1 saturated heterocycles. The van der Waals surface area contributed by atoms with E-state index in [2.05, 4.69) is 31.5 Å². The number of hydrogen-bond donors (Lipinski definition) is 1. The highest BCUT2D eigenvalue weighted by atomic mass is 32.1. The predicted molar refractivity (Wildman–Crippen MR) is 92.3 cm³/mol. The lowest BCUT2D eigenvalue weighted by atomic mass is 10.0. The molecule has 5 rings (SSSR count). The van der Waals surface area contributed by atoms with Gasteiger partial charge in [0.05, 0.1) is 5.51 Å². The highest BCUT2D eigenvalue weighted by molar-refractivity contribution is 7.09. The third-order valence-corrected chi connectivity index (χ3v) is 5.49. The van der Waals surface area contributed by atoms with E-state index >= 15 is 0 Å². The van der Waals surface area contributed by atoms with Gasteiger partial charge in [-0.15, -0.1) is 26.6 Å². The minimum Gasteiger partial charge on any atom is -0.354 e. The average molecular weight is 341 g/mol. The zero-order valence-corrected chi connectivity index (χ0v) is 14.1. The lowest BCUT2D eigenvalue weighted by Gasteiger charge is -2.40. The number of hydrogen-bond acceptors (Lipinski definition) is 7. The molecule has 0 amide bonds. The maximum absolute atomic E-state index is 4.76. The molecule has 0 atom stereocenters. The van der Waals surface area contributed by atoms with Crippen LogP contribution in [0.2, 0.25) is 0 Å². The lowest BCUT2D eigenvalue weighted by molar-refractivity contribution is 0.381. The van der Waals surface area contributed by atoms with Crippen molar-refractivity contribution in [2.75, 3.05) is 24.5 Å². The van der Waals surface area contributed by atoms with Gasteiger partial charge in [0, 0.05) is 49.1 Å². The van der Waals surface area contributed by atoms with Crippen LogP contribution in [0.4, 0.5) is 5.82 Å². The fourth-order valence-corrected chi connectivity index (χ4v) is 3.74. The van der Waals surface area contributed by atoms with Crippen molar-refractivity contribution in [3.63, 3.8) is 0 Å². The van der Waals surface area contributed by atoms with Gasteiger partial charge >= 0.3 is 0 Å². The summed E-state index contributed by atoms with van der Waals surface area (Å²) in [6.07, 6.45) is 4.36. The number of rotatable bonds is 6. The van der Waals surface area contributed by atoms with Crippen LogP contribution in [0, 0.1) is 5.92 Å². The Morgan fingerprint density at radius 1 is 1.21 bits per heavy atom. The summed E-state index contributed by atoms with van der Waals surface area (Å²) in [4.78, 5) is 7.72. The van der Waals surface area contributed by atoms with Crippen LogP contribution in [-0.4, -0.2) is 44.4 Å². The van der Waals surface area contributed by atoms with Crippen molar-refractivity contribution in [3.8, 4) is 0 Å². The number of aromatic nitrogens is 5. The SMILES string of the molecule is c1ncc(CNCC2CN(c3ccc4nnc(C5CC5)n4n3)C2)s1. The molecule has 3 aromatic heterocycles. The Morgan fingerprint density at radius 2 is 2.12 bits per heavy atom. The number of anilines is 1. The fraction of sp³-hybridized carbons (Fsp3) is 0.500. The van der Waals surface area contributed by atoms with E-state index in [1.807, 2.05) is 22.3 Å². The van der Waals surface area contributed by atoms with Gasteiger partial charge in [0.15, 0.2) is 11.5 Å². The third kappa shape index (κ3) is 2.65. The monoisotopic (exact) mass is 341 g/mol. The van der Waals surface area contributed by atoms with Crippen LogP contribution in [0.5, 0.6) is 0 Å². The molecule has 0 unspecified atom stereocenters. The molecular formula is C16H19N7S. The van der Waals surface area contributed by atoms with Crippen molar-refractivity contribution in [1.29, 1.82) is 0 Å². The second kappa shape index (κ2) is 5.78. The first kappa shape index (κ1) is 14.3. The zero-order chi connectivity index (χ0) is 15.9. The molecule has 1 saturated carbocycles. The van der Waals surface area contributed by atoms with Crippen LogP contribution < -0.4 is 10.2 Å². The van der Waals surface area contributed by atoms with Gasteiger partial charge in [-0.3, -0.25) is 4.98 Å². The van der Waals surface area contributed by atoms with Crippen LogP contribution in [0.1, 0.15) is 29.5 Å². The smallest absolute Gasteiger partial charge is 0.178 e. The van der Waals surface area contributed by atoms with E-state index in [-0.39, 0.29) is 0 Å². The van der Waals surface area contributed by atoms with Gasteiger partial charge in [0.25, 0.3) is 0 Å². The number of nitrogens with zero attached hydrogens (tertiary/aromatic N) is 6. The van der Waals surface area contributed by atoms with E-state index in [0.717, 1.165) is 43.5 Å². The average Bonchev–Trinajstić information content (AvgIpc) is 3.10. The van der Waals surface area contributed by atoms with Gasteiger partial charge < -0.3 is 10.2 Å². The minimum atomic E-state index is 0.558. The second-order valence-electron chi connectivity index (χ2n) is 6.66. The molecule has 0 bridgehead atoms. The summed E-state index contributed by atoms with van der Waals surface area (Å²) in [6, 6.07) is 4.08. The van der Waals surface area contributed by atoms with Crippen LogP contribution in [0.15, 0.2) is 23.8 Å². The van der Waals surface area contributed by atoms with Gasteiger partial charge in [-0.2, -0.15) is 4.52 Å². The molecule has 3 aromatic rings. The molecule has 4 heterocycles. The molecule has 1 N–H and O–H groups in total. The maximum Gasteiger partial charge on any atom is 0.178 e. The van der Waals surface area contributed by atoms with Gasteiger partial charge in [0.1, 0.15) is 5.82 Å². The Balaban J connectivity index is 1.19. The minimum absolute atomic E-state index is 0.558. The van der Waals surface area contributed by atoms with Crippen LogP contribution in [0.25, 0.3) is 5.65 Å². The number of nitrogens with one attached hydrogen (secondary N) is 1. The first-order valence-electron chi connectivity index (χ1n) is 8.42. The van der Waals surface area contributed by atoms with Crippen molar-refractivity contribution in [1.82, 2.24) is 30.1 Å². The van der Waals surface area contributed by atoms with Crippen LogP contribution in [-0.2, 0) is 6.54 Å². The van der Waals surface area contributed by atoms with Crippen LogP contribution >= 0.6 is 11.3 Å². The molecule has 1 aliphatic heterocycles. The summed E-state index contributed by atoms with van der Waals surface area (Å²) in [6.45, 7) is 4.05. The molecular weight excluding hydrogens is 322 g/mol. The van der Waals surface area contributed by atoms with Gasteiger partial charge in [-0.1, -0.05) is 0 Å². The molecule has 2 aliphatic rings. The molecule has 124 valence electrons. The van der Waals surface area contributed by atoms with E-state index in [9.17, 15) is 0 Å². The van der Waals surface area contributed by atoms with Crippen molar-refractivity contribution < 1.29 is 0 Å². The fourth-order valence-electron chi connectivity index (χ4n) is 3.18. The first-order valence-corrected chi connectivity index (χ1v) is 9.30. The summed E-state index contributed by atoms with van der Waals surface area (Å²) >= 11 is 1.70. The van der Waals surface area contributed by atoms with Crippen molar-refractivity contribution >= 4 is 22.8 Å². The lowest BCUT2D eigenvalue weighted by Crippen LogP contribution is -2.51. The van der Waals surface area contributed by atoms with E-state index in [0.29, 0.717) is 11.8 Å². The Morgan fingerprint density at radius 3 is 2.92 bits per heavy atom. The number of thiazole rings is 1. The van der Waals surface area contributed by atoms with Gasteiger partial charge in [-0.25, -0.2) is 0 Å². The van der Waals surface area contributed by atoms with Crippen molar-refractivity contribution in [2.45, 2.75) is 25.3 Å². The Hall–Kier alpha value is -2.06. The molecule has 7 nitrogen and oxygen atoms in total. The second-order valence-corrected chi connectivity index (χ2v) is 7.63. The van der Waals surface area contributed by atoms with E-state index in [1.54, 1.807) is 11.3 Å². The van der Waals surface area contributed by atoms with Crippen molar-refractivity contribution in [2.24, 2.45) is 5.92 Å². The molecule has 0 spiro atoms. The van der Waals surface area contributed by atoms with Gasteiger partial charge in [-0.05, 0) is 25.0 Å². The number of fused-ring (bicyclic) bond motifs is 1. The molecule has 2 fully saturated rings. The molecule has 8 heteroatoms. The highest BCUT2D eigenvalue weighted by Gasteiger charge is 2.31. The summed E-state index contributed by atoms with van der Waals surface area (Å²) in [5.41, 5.74) is 2.73. The Bertz CT molecular complexity index is 833.